The van der Waals surface area contributed by atoms with Gasteiger partial charge in [-0.25, -0.2) is 0 Å². The number of carboxylic acid groups (broad SMARTS) is 1. The lowest BCUT2D eigenvalue weighted by Gasteiger charge is -2.23. The summed E-state index contributed by atoms with van der Waals surface area (Å²) in [5, 5.41) is 12.9. The van der Waals surface area contributed by atoms with Gasteiger partial charge in [0.25, 0.3) is 0 Å². The van der Waals surface area contributed by atoms with E-state index in [1.54, 1.807) is 0 Å². The van der Waals surface area contributed by atoms with Gasteiger partial charge >= 0.3 is 5.97 Å². The summed E-state index contributed by atoms with van der Waals surface area (Å²) in [7, 11) is 0. The fourth-order valence-corrected chi connectivity index (χ4v) is 1.98. The molecule has 112 valence electrons. The van der Waals surface area contributed by atoms with E-state index in [1.807, 2.05) is 0 Å². The number of nitrogens with one attached hydrogen (secondary N) is 2. The van der Waals surface area contributed by atoms with Gasteiger partial charge in [0.1, 0.15) is 12.6 Å². The van der Waals surface area contributed by atoms with E-state index in [4.69, 9.17) is 10.8 Å². The van der Waals surface area contributed by atoms with E-state index in [0.29, 0.717) is 19.4 Å². The Morgan fingerprint density at radius 2 is 1.90 bits per heavy atom. The molecule has 1 aliphatic heterocycles. The van der Waals surface area contributed by atoms with Crippen molar-refractivity contribution in [1.29, 1.82) is 0 Å². The second-order valence-corrected chi connectivity index (χ2v) is 4.34. The molecule has 1 atom stereocenters. The lowest BCUT2D eigenvalue weighted by molar-refractivity contribution is -0.139. The normalized spacial score (nSPS) is 17.6. The SMILES string of the molecule is NCC(=O)N1CCCC1C(=O)NCC(=O)NCC(=O)O. The van der Waals surface area contributed by atoms with Crippen molar-refractivity contribution in [3.8, 4) is 0 Å². The lowest BCUT2D eigenvalue weighted by atomic mass is 10.2. The summed E-state index contributed by atoms with van der Waals surface area (Å²) in [6, 6.07) is -0.613. The largest absolute Gasteiger partial charge is 0.480 e. The van der Waals surface area contributed by atoms with Gasteiger partial charge in [0.15, 0.2) is 0 Å². The molecule has 0 aliphatic carbocycles. The molecule has 1 aliphatic rings. The van der Waals surface area contributed by atoms with Crippen molar-refractivity contribution >= 4 is 23.7 Å². The summed E-state index contributed by atoms with van der Waals surface area (Å²) >= 11 is 0. The molecular weight excluding hydrogens is 268 g/mol. The summed E-state index contributed by atoms with van der Waals surface area (Å²) in [5.41, 5.74) is 5.26. The maximum atomic E-state index is 11.9. The standard InChI is InChI=1S/C11H18N4O5/c12-4-9(17)15-3-1-2-7(15)11(20)14-5-8(16)13-6-10(18)19/h7H,1-6,12H2,(H,13,16)(H,14,20)(H,18,19). The predicted molar refractivity (Wildman–Crippen MR) is 67.4 cm³/mol. The topological polar surface area (TPSA) is 142 Å². The summed E-state index contributed by atoms with van der Waals surface area (Å²) in [5.74, 6) is -2.51. The van der Waals surface area contributed by atoms with Crippen LogP contribution in [0.15, 0.2) is 0 Å². The van der Waals surface area contributed by atoms with Gasteiger partial charge in [-0.15, -0.1) is 0 Å². The Morgan fingerprint density at radius 3 is 2.50 bits per heavy atom. The van der Waals surface area contributed by atoms with Crippen LogP contribution in [-0.4, -0.2) is 65.9 Å². The number of hydrogen-bond acceptors (Lipinski definition) is 5. The second-order valence-electron chi connectivity index (χ2n) is 4.34. The molecule has 0 aromatic rings. The van der Waals surface area contributed by atoms with Crippen LogP contribution < -0.4 is 16.4 Å². The number of nitrogens with two attached hydrogens (primary N) is 1. The summed E-state index contributed by atoms with van der Waals surface area (Å²) < 4.78 is 0. The third kappa shape index (κ3) is 4.50. The number of carbonyl (C=O) groups is 4. The first-order chi connectivity index (χ1) is 9.45. The maximum absolute atomic E-state index is 11.9. The van der Waals surface area contributed by atoms with Crippen molar-refractivity contribution in [3.05, 3.63) is 0 Å². The van der Waals surface area contributed by atoms with Gasteiger partial charge in [-0.2, -0.15) is 0 Å². The van der Waals surface area contributed by atoms with Crippen molar-refractivity contribution in [1.82, 2.24) is 15.5 Å². The molecule has 0 radical (unpaired) electrons. The van der Waals surface area contributed by atoms with E-state index in [-0.39, 0.29) is 19.0 Å². The molecule has 1 heterocycles. The number of carbonyl (C=O) groups excluding carboxylic acids is 3. The van der Waals surface area contributed by atoms with Crippen LogP contribution in [0, 0.1) is 0 Å². The monoisotopic (exact) mass is 286 g/mol. The Hall–Kier alpha value is -2.16. The van der Waals surface area contributed by atoms with Gasteiger partial charge < -0.3 is 26.4 Å². The van der Waals surface area contributed by atoms with Crippen LogP contribution in [0.3, 0.4) is 0 Å². The predicted octanol–water partition coefficient (Wildman–Crippen LogP) is -2.75. The van der Waals surface area contributed by atoms with Crippen molar-refractivity contribution < 1.29 is 24.3 Å². The first kappa shape index (κ1) is 15.9. The van der Waals surface area contributed by atoms with Crippen molar-refractivity contribution in [2.75, 3.05) is 26.2 Å². The molecule has 0 bridgehead atoms. The van der Waals surface area contributed by atoms with Crippen LogP contribution in [0.25, 0.3) is 0 Å². The number of carboxylic acids is 1. The Morgan fingerprint density at radius 1 is 1.20 bits per heavy atom. The zero-order chi connectivity index (χ0) is 15.1. The summed E-state index contributed by atoms with van der Waals surface area (Å²) in [6.45, 7) is -0.522. The fourth-order valence-electron chi connectivity index (χ4n) is 1.98. The zero-order valence-corrected chi connectivity index (χ0v) is 10.9. The highest BCUT2D eigenvalue weighted by molar-refractivity contribution is 5.91. The second kappa shape index (κ2) is 7.43. The van der Waals surface area contributed by atoms with E-state index in [2.05, 4.69) is 10.6 Å². The number of likely N-dealkylation sites (tertiary alicyclic amines) is 1. The van der Waals surface area contributed by atoms with E-state index in [1.165, 1.54) is 4.90 Å². The fraction of sp³-hybridized carbons (Fsp3) is 0.636. The number of amides is 3. The molecule has 3 amide bonds. The summed E-state index contributed by atoms with van der Waals surface area (Å²) in [6.07, 6.45) is 1.23. The van der Waals surface area contributed by atoms with Gasteiger partial charge in [0.05, 0.1) is 13.1 Å². The van der Waals surface area contributed by atoms with Crippen LogP contribution in [-0.2, 0) is 19.2 Å². The van der Waals surface area contributed by atoms with Gasteiger partial charge in [-0.3, -0.25) is 19.2 Å². The van der Waals surface area contributed by atoms with E-state index >= 15 is 0 Å². The van der Waals surface area contributed by atoms with E-state index in [0.717, 1.165) is 0 Å². The molecule has 1 saturated heterocycles. The highest BCUT2D eigenvalue weighted by Gasteiger charge is 2.33. The molecule has 0 aromatic heterocycles. The molecule has 9 nitrogen and oxygen atoms in total. The maximum Gasteiger partial charge on any atom is 0.322 e. The first-order valence-corrected chi connectivity index (χ1v) is 6.21. The molecule has 0 aromatic carbocycles. The smallest absolute Gasteiger partial charge is 0.322 e. The molecule has 20 heavy (non-hydrogen) atoms. The number of nitrogens with zero attached hydrogens (tertiary/aromatic N) is 1. The molecule has 1 rings (SSSR count). The average molecular weight is 286 g/mol. The Kier molecular flexibility index (Phi) is 5.91. The van der Waals surface area contributed by atoms with Crippen LogP contribution in [0.2, 0.25) is 0 Å². The first-order valence-electron chi connectivity index (χ1n) is 6.21. The highest BCUT2D eigenvalue weighted by Crippen LogP contribution is 2.16. The molecule has 1 unspecified atom stereocenters. The lowest BCUT2D eigenvalue weighted by Crippen LogP contribution is -2.49. The van der Waals surface area contributed by atoms with E-state index < -0.39 is 30.4 Å². The molecule has 0 spiro atoms. The Labute approximate surface area is 115 Å². The van der Waals surface area contributed by atoms with Crippen LogP contribution in [0.1, 0.15) is 12.8 Å². The molecule has 9 heteroatoms. The minimum atomic E-state index is -1.17. The van der Waals surface area contributed by atoms with Crippen LogP contribution >= 0.6 is 0 Å². The molecule has 1 fully saturated rings. The average Bonchev–Trinajstić information content (AvgIpc) is 2.90. The summed E-state index contributed by atoms with van der Waals surface area (Å²) in [4.78, 5) is 46.3. The van der Waals surface area contributed by atoms with Crippen molar-refractivity contribution in [2.45, 2.75) is 18.9 Å². The Balaban J connectivity index is 2.40. The Bertz CT molecular complexity index is 412. The highest BCUT2D eigenvalue weighted by atomic mass is 16.4. The van der Waals surface area contributed by atoms with Gasteiger partial charge in [0, 0.05) is 6.54 Å². The third-order valence-corrected chi connectivity index (χ3v) is 2.91. The third-order valence-electron chi connectivity index (χ3n) is 2.91. The minimum absolute atomic E-state index is 0.164. The van der Waals surface area contributed by atoms with Gasteiger partial charge in [-0.1, -0.05) is 0 Å². The number of aliphatic carboxylic acids is 1. The quantitative estimate of drug-likeness (QED) is 0.417. The van der Waals surface area contributed by atoms with E-state index in [9.17, 15) is 19.2 Å². The zero-order valence-electron chi connectivity index (χ0n) is 10.9. The number of rotatable bonds is 6. The van der Waals surface area contributed by atoms with Gasteiger partial charge in [0.2, 0.25) is 17.7 Å². The van der Waals surface area contributed by atoms with Crippen LogP contribution in [0.4, 0.5) is 0 Å². The van der Waals surface area contributed by atoms with Gasteiger partial charge in [-0.05, 0) is 12.8 Å². The van der Waals surface area contributed by atoms with Crippen LogP contribution in [0.5, 0.6) is 0 Å². The minimum Gasteiger partial charge on any atom is -0.480 e. The van der Waals surface area contributed by atoms with Crippen molar-refractivity contribution in [2.24, 2.45) is 5.73 Å². The molecule has 0 saturated carbocycles. The molecular formula is C11H18N4O5. The van der Waals surface area contributed by atoms with Crippen molar-refractivity contribution in [3.63, 3.8) is 0 Å². The molecule has 5 N–H and O–H groups in total. The number of hydrogen-bond donors (Lipinski definition) is 4.